The summed E-state index contributed by atoms with van der Waals surface area (Å²) in [6, 6.07) is 4.26. The Morgan fingerprint density at radius 2 is 1.83 bits per heavy atom. The van der Waals surface area contributed by atoms with E-state index in [-0.39, 0.29) is 5.41 Å². The van der Waals surface area contributed by atoms with E-state index < -0.39 is 5.60 Å². The lowest BCUT2D eigenvalue weighted by Crippen LogP contribution is -2.42. The lowest BCUT2D eigenvalue weighted by Gasteiger charge is -2.37. The van der Waals surface area contributed by atoms with Gasteiger partial charge in [0.25, 0.3) is 0 Å². The van der Waals surface area contributed by atoms with E-state index in [2.05, 4.69) is 42.8 Å². The average Bonchev–Trinajstić information content (AvgIpc) is 2.28. The summed E-state index contributed by atoms with van der Waals surface area (Å²) in [5.74, 6) is 0. The second-order valence-corrected chi connectivity index (χ2v) is 6.64. The highest BCUT2D eigenvalue weighted by molar-refractivity contribution is 5.45. The van der Waals surface area contributed by atoms with Crippen molar-refractivity contribution in [3.05, 3.63) is 24.0 Å². The first kappa shape index (κ1) is 13.3. The SMILES string of the molecule is CC1(O)CCN(c2ccc(C(C)(C)C)nc2)CC1. The Bertz CT molecular complexity index is 393. The summed E-state index contributed by atoms with van der Waals surface area (Å²) in [6.45, 7) is 10.3. The molecule has 1 saturated heterocycles. The lowest BCUT2D eigenvalue weighted by atomic mass is 9.91. The van der Waals surface area contributed by atoms with Crippen molar-refractivity contribution in [2.75, 3.05) is 18.0 Å². The zero-order valence-electron chi connectivity index (χ0n) is 11.9. The van der Waals surface area contributed by atoms with Crippen molar-refractivity contribution in [2.45, 2.75) is 51.6 Å². The number of hydrogen-bond donors (Lipinski definition) is 1. The van der Waals surface area contributed by atoms with E-state index in [4.69, 9.17) is 0 Å². The van der Waals surface area contributed by atoms with E-state index >= 15 is 0 Å². The summed E-state index contributed by atoms with van der Waals surface area (Å²) in [4.78, 5) is 6.86. The third-order valence-corrected chi connectivity index (χ3v) is 3.72. The highest BCUT2D eigenvalue weighted by Gasteiger charge is 2.27. The molecule has 2 rings (SSSR count). The maximum absolute atomic E-state index is 9.95. The molecule has 0 unspecified atom stereocenters. The van der Waals surface area contributed by atoms with Gasteiger partial charge in [0.2, 0.25) is 0 Å². The number of pyridine rings is 1. The Kier molecular flexibility index (Phi) is 3.37. The van der Waals surface area contributed by atoms with Gasteiger partial charge in [-0.3, -0.25) is 4.98 Å². The molecule has 1 fully saturated rings. The summed E-state index contributed by atoms with van der Waals surface area (Å²) < 4.78 is 0. The van der Waals surface area contributed by atoms with E-state index in [0.717, 1.165) is 31.6 Å². The van der Waals surface area contributed by atoms with E-state index in [1.165, 1.54) is 5.69 Å². The molecule has 2 heterocycles. The Balaban J connectivity index is 2.07. The Morgan fingerprint density at radius 3 is 2.28 bits per heavy atom. The topological polar surface area (TPSA) is 36.4 Å². The van der Waals surface area contributed by atoms with Crippen molar-refractivity contribution in [1.29, 1.82) is 0 Å². The molecule has 3 heteroatoms. The quantitative estimate of drug-likeness (QED) is 0.830. The molecule has 1 N–H and O–H groups in total. The fourth-order valence-electron chi connectivity index (χ4n) is 2.26. The summed E-state index contributed by atoms with van der Waals surface area (Å²) in [6.07, 6.45) is 3.61. The third-order valence-electron chi connectivity index (χ3n) is 3.72. The van der Waals surface area contributed by atoms with Crippen LogP contribution < -0.4 is 4.90 Å². The first-order valence-electron chi connectivity index (χ1n) is 6.72. The molecular weight excluding hydrogens is 224 g/mol. The fourth-order valence-corrected chi connectivity index (χ4v) is 2.26. The Labute approximate surface area is 110 Å². The van der Waals surface area contributed by atoms with Gasteiger partial charge in [-0.1, -0.05) is 20.8 Å². The molecule has 0 saturated carbocycles. The molecule has 1 aromatic rings. The van der Waals surface area contributed by atoms with Gasteiger partial charge in [-0.2, -0.15) is 0 Å². The minimum Gasteiger partial charge on any atom is -0.390 e. The zero-order chi connectivity index (χ0) is 13.4. The number of nitrogens with zero attached hydrogens (tertiary/aromatic N) is 2. The molecule has 0 atom stereocenters. The van der Waals surface area contributed by atoms with Crippen LogP contribution in [0.1, 0.15) is 46.2 Å². The van der Waals surface area contributed by atoms with Gasteiger partial charge in [0.1, 0.15) is 0 Å². The van der Waals surface area contributed by atoms with Crippen molar-refractivity contribution >= 4 is 5.69 Å². The molecule has 1 aliphatic heterocycles. The molecule has 0 radical (unpaired) electrons. The predicted molar refractivity (Wildman–Crippen MR) is 75.0 cm³/mol. The number of piperidine rings is 1. The van der Waals surface area contributed by atoms with Crippen LogP contribution in [0.3, 0.4) is 0 Å². The number of rotatable bonds is 1. The van der Waals surface area contributed by atoms with E-state index in [1.807, 2.05) is 13.1 Å². The van der Waals surface area contributed by atoms with Gasteiger partial charge in [0.05, 0.1) is 17.5 Å². The van der Waals surface area contributed by atoms with Gasteiger partial charge in [-0.25, -0.2) is 0 Å². The number of anilines is 1. The Morgan fingerprint density at radius 1 is 1.22 bits per heavy atom. The van der Waals surface area contributed by atoms with Crippen LogP contribution >= 0.6 is 0 Å². The van der Waals surface area contributed by atoms with Crippen molar-refractivity contribution in [3.63, 3.8) is 0 Å². The van der Waals surface area contributed by atoms with Crippen molar-refractivity contribution in [2.24, 2.45) is 0 Å². The van der Waals surface area contributed by atoms with Crippen LogP contribution in [0, 0.1) is 0 Å². The van der Waals surface area contributed by atoms with Crippen LogP contribution in [0.15, 0.2) is 18.3 Å². The van der Waals surface area contributed by atoms with Crippen LogP contribution in [0.5, 0.6) is 0 Å². The number of aliphatic hydroxyl groups is 1. The standard InChI is InChI=1S/C15H24N2O/c1-14(2,3)13-6-5-12(11-16-13)17-9-7-15(4,18)8-10-17/h5-6,11,18H,7-10H2,1-4H3. The summed E-state index contributed by atoms with van der Waals surface area (Å²) in [5, 5.41) is 9.95. The maximum Gasteiger partial charge on any atom is 0.0653 e. The molecule has 0 aromatic carbocycles. The molecule has 1 aliphatic rings. The summed E-state index contributed by atoms with van der Waals surface area (Å²) >= 11 is 0. The van der Waals surface area contributed by atoms with Gasteiger partial charge < -0.3 is 10.0 Å². The molecule has 0 bridgehead atoms. The molecule has 0 spiro atoms. The smallest absolute Gasteiger partial charge is 0.0653 e. The van der Waals surface area contributed by atoms with E-state index in [9.17, 15) is 5.11 Å². The molecule has 0 amide bonds. The predicted octanol–water partition coefficient (Wildman–Crippen LogP) is 2.73. The zero-order valence-corrected chi connectivity index (χ0v) is 11.9. The summed E-state index contributed by atoms with van der Waals surface area (Å²) in [7, 11) is 0. The van der Waals surface area contributed by atoms with Crippen molar-refractivity contribution in [1.82, 2.24) is 4.98 Å². The molecular formula is C15H24N2O. The van der Waals surface area contributed by atoms with Crippen LogP contribution in [-0.2, 0) is 5.41 Å². The molecule has 18 heavy (non-hydrogen) atoms. The van der Waals surface area contributed by atoms with Gasteiger partial charge in [0.15, 0.2) is 0 Å². The highest BCUT2D eigenvalue weighted by atomic mass is 16.3. The lowest BCUT2D eigenvalue weighted by molar-refractivity contribution is 0.0351. The normalized spacial score (nSPS) is 19.9. The largest absolute Gasteiger partial charge is 0.390 e. The van der Waals surface area contributed by atoms with Crippen LogP contribution in [0.2, 0.25) is 0 Å². The third kappa shape index (κ3) is 3.02. The first-order chi connectivity index (χ1) is 8.28. The maximum atomic E-state index is 9.95. The number of hydrogen-bond acceptors (Lipinski definition) is 3. The van der Waals surface area contributed by atoms with Crippen molar-refractivity contribution < 1.29 is 5.11 Å². The second-order valence-electron chi connectivity index (χ2n) is 6.64. The van der Waals surface area contributed by atoms with Gasteiger partial charge >= 0.3 is 0 Å². The molecule has 1 aromatic heterocycles. The monoisotopic (exact) mass is 248 g/mol. The van der Waals surface area contributed by atoms with Gasteiger partial charge in [-0.15, -0.1) is 0 Å². The van der Waals surface area contributed by atoms with Crippen LogP contribution in [0.25, 0.3) is 0 Å². The molecule has 0 aliphatic carbocycles. The molecule has 100 valence electrons. The van der Waals surface area contributed by atoms with Crippen LogP contribution in [-0.4, -0.2) is 28.8 Å². The minimum atomic E-state index is -0.491. The van der Waals surface area contributed by atoms with E-state index in [1.54, 1.807) is 0 Å². The highest BCUT2D eigenvalue weighted by Crippen LogP contribution is 2.27. The fraction of sp³-hybridized carbons (Fsp3) is 0.667. The molecule has 3 nitrogen and oxygen atoms in total. The van der Waals surface area contributed by atoms with Gasteiger partial charge in [-0.05, 0) is 31.9 Å². The summed E-state index contributed by atoms with van der Waals surface area (Å²) in [5.41, 5.74) is 1.90. The Hall–Kier alpha value is -1.09. The number of aromatic nitrogens is 1. The van der Waals surface area contributed by atoms with Gasteiger partial charge in [0, 0.05) is 24.2 Å². The van der Waals surface area contributed by atoms with Crippen LogP contribution in [0.4, 0.5) is 5.69 Å². The second kappa shape index (κ2) is 4.54. The first-order valence-corrected chi connectivity index (χ1v) is 6.72. The van der Waals surface area contributed by atoms with Crippen molar-refractivity contribution in [3.8, 4) is 0 Å². The van der Waals surface area contributed by atoms with E-state index in [0.29, 0.717) is 0 Å². The average molecular weight is 248 g/mol. The minimum absolute atomic E-state index is 0.101.